The lowest BCUT2D eigenvalue weighted by Crippen LogP contribution is -2.59. The van der Waals surface area contributed by atoms with Crippen molar-refractivity contribution in [1.29, 1.82) is 5.41 Å². The van der Waals surface area contributed by atoms with Crippen molar-refractivity contribution in [2.24, 2.45) is 11.8 Å². The lowest BCUT2D eigenvalue weighted by atomic mass is 9.69. The average molecular weight is 293 g/mol. The maximum absolute atomic E-state index is 12.1. The number of carbonyl (C=O) groups excluding carboxylic acids is 1. The third-order valence-electron chi connectivity index (χ3n) is 5.50. The average Bonchev–Trinajstić information content (AvgIpc) is 2.55. The zero-order chi connectivity index (χ0) is 15.1. The van der Waals surface area contributed by atoms with E-state index in [9.17, 15) is 4.79 Å². The minimum Gasteiger partial charge on any atom is -0.360 e. The highest BCUT2D eigenvalue weighted by atomic mass is 16.1. The molecular weight excluding hydrogens is 262 g/mol. The molecular formula is C17H31N3O. The summed E-state index contributed by atoms with van der Waals surface area (Å²) in [4.78, 5) is 12.1. The van der Waals surface area contributed by atoms with E-state index in [1.54, 1.807) is 7.05 Å². The maximum Gasteiger partial charge on any atom is 0.188 e. The first kappa shape index (κ1) is 16.3. The molecule has 0 radical (unpaired) electrons. The van der Waals surface area contributed by atoms with Crippen LogP contribution in [0, 0.1) is 17.2 Å². The van der Waals surface area contributed by atoms with Gasteiger partial charge in [0, 0.05) is 7.05 Å². The highest BCUT2D eigenvalue weighted by Gasteiger charge is 2.41. The highest BCUT2D eigenvalue weighted by Crippen LogP contribution is 2.38. The van der Waals surface area contributed by atoms with Gasteiger partial charge in [-0.15, -0.1) is 0 Å². The van der Waals surface area contributed by atoms with Gasteiger partial charge in [0.1, 0.15) is 6.29 Å². The zero-order valence-corrected chi connectivity index (χ0v) is 13.4. The van der Waals surface area contributed by atoms with Crippen LogP contribution in [0.1, 0.15) is 70.6 Å². The van der Waals surface area contributed by atoms with E-state index in [1.165, 1.54) is 51.4 Å². The van der Waals surface area contributed by atoms with E-state index in [0.717, 1.165) is 25.5 Å². The van der Waals surface area contributed by atoms with Crippen LogP contribution < -0.4 is 10.6 Å². The quantitative estimate of drug-likeness (QED) is 0.414. The Bertz CT molecular complexity index is 346. The van der Waals surface area contributed by atoms with Crippen molar-refractivity contribution in [2.45, 2.75) is 76.2 Å². The van der Waals surface area contributed by atoms with Crippen molar-refractivity contribution < 1.29 is 4.79 Å². The predicted octanol–water partition coefficient (Wildman–Crippen LogP) is 3.22. The van der Waals surface area contributed by atoms with Gasteiger partial charge in [0.25, 0.3) is 0 Å². The Morgan fingerprint density at radius 3 is 2.19 bits per heavy atom. The standard InChI is InChI=1S/C17H31N3O/c1-19-16(18)20-17(13-21,15-10-6-3-7-11-15)12-14-8-4-2-5-9-14/h13-15H,2-12H2,1H3,(H3,18,19,20). The third kappa shape index (κ3) is 4.21. The molecule has 1 atom stereocenters. The fraction of sp³-hybridized carbons (Fsp3) is 0.882. The van der Waals surface area contributed by atoms with Crippen molar-refractivity contribution in [3.8, 4) is 0 Å². The molecule has 1 unspecified atom stereocenters. The molecule has 0 amide bonds. The molecule has 2 rings (SSSR count). The Morgan fingerprint density at radius 2 is 1.67 bits per heavy atom. The fourth-order valence-electron chi connectivity index (χ4n) is 4.28. The number of hydrogen-bond donors (Lipinski definition) is 3. The second-order valence-corrected chi connectivity index (χ2v) is 6.95. The van der Waals surface area contributed by atoms with Gasteiger partial charge in [-0.2, -0.15) is 0 Å². The Hall–Kier alpha value is -1.06. The van der Waals surface area contributed by atoms with Crippen LogP contribution in [0.2, 0.25) is 0 Å². The van der Waals surface area contributed by atoms with Crippen LogP contribution in [0.5, 0.6) is 0 Å². The van der Waals surface area contributed by atoms with E-state index in [1.807, 2.05) is 0 Å². The fourth-order valence-corrected chi connectivity index (χ4v) is 4.28. The summed E-state index contributed by atoms with van der Waals surface area (Å²) in [5, 5.41) is 14.0. The molecule has 0 aromatic carbocycles. The van der Waals surface area contributed by atoms with Crippen LogP contribution in [-0.2, 0) is 4.79 Å². The molecule has 0 saturated heterocycles. The first-order valence-electron chi connectivity index (χ1n) is 8.71. The molecule has 0 aliphatic heterocycles. The van der Waals surface area contributed by atoms with Crippen molar-refractivity contribution in [3.05, 3.63) is 0 Å². The summed E-state index contributed by atoms with van der Waals surface area (Å²) >= 11 is 0. The van der Waals surface area contributed by atoms with Crippen molar-refractivity contribution in [2.75, 3.05) is 7.05 Å². The van der Waals surface area contributed by atoms with Gasteiger partial charge in [0.2, 0.25) is 0 Å². The van der Waals surface area contributed by atoms with Crippen molar-refractivity contribution in [1.82, 2.24) is 10.6 Å². The van der Waals surface area contributed by atoms with Gasteiger partial charge in [-0.3, -0.25) is 5.41 Å². The third-order valence-corrected chi connectivity index (χ3v) is 5.50. The number of hydrogen-bond acceptors (Lipinski definition) is 2. The molecule has 2 fully saturated rings. The second-order valence-electron chi connectivity index (χ2n) is 6.95. The summed E-state index contributed by atoms with van der Waals surface area (Å²) in [6.07, 6.45) is 14.4. The summed E-state index contributed by atoms with van der Waals surface area (Å²) in [5.41, 5.74) is -0.525. The van der Waals surface area contributed by atoms with Gasteiger partial charge < -0.3 is 15.4 Å². The van der Waals surface area contributed by atoms with Gasteiger partial charge in [0.05, 0.1) is 5.54 Å². The first-order chi connectivity index (χ1) is 10.2. The summed E-state index contributed by atoms with van der Waals surface area (Å²) < 4.78 is 0. The van der Waals surface area contributed by atoms with Crippen LogP contribution in [0.25, 0.3) is 0 Å². The molecule has 21 heavy (non-hydrogen) atoms. The molecule has 0 heterocycles. The van der Waals surface area contributed by atoms with Gasteiger partial charge in [-0.05, 0) is 31.1 Å². The van der Waals surface area contributed by atoms with Crippen LogP contribution >= 0.6 is 0 Å². The lowest BCUT2D eigenvalue weighted by molar-refractivity contribution is -0.116. The van der Waals surface area contributed by atoms with Crippen LogP contribution in [0.4, 0.5) is 0 Å². The predicted molar refractivity (Wildman–Crippen MR) is 86.5 cm³/mol. The summed E-state index contributed by atoms with van der Waals surface area (Å²) in [5.74, 6) is 1.31. The van der Waals surface area contributed by atoms with E-state index in [-0.39, 0.29) is 5.96 Å². The number of carbonyl (C=O) groups is 1. The topological polar surface area (TPSA) is 65.0 Å². The monoisotopic (exact) mass is 293 g/mol. The minimum atomic E-state index is -0.525. The lowest BCUT2D eigenvalue weighted by Gasteiger charge is -2.42. The summed E-state index contributed by atoms with van der Waals surface area (Å²) in [7, 11) is 1.74. The molecule has 0 aromatic rings. The van der Waals surface area contributed by atoms with E-state index in [2.05, 4.69) is 10.6 Å². The highest BCUT2D eigenvalue weighted by molar-refractivity contribution is 5.82. The zero-order valence-electron chi connectivity index (χ0n) is 13.4. The van der Waals surface area contributed by atoms with E-state index in [4.69, 9.17) is 5.41 Å². The molecule has 4 heteroatoms. The second kappa shape index (κ2) is 7.81. The van der Waals surface area contributed by atoms with Gasteiger partial charge in [-0.1, -0.05) is 51.4 Å². The molecule has 2 saturated carbocycles. The van der Waals surface area contributed by atoms with Crippen molar-refractivity contribution >= 4 is 12.2 Å². The van der Waals surface area contributed by atoms with E-state index >= 15 is 0 Å². The van der Waals surface area contributed by atoms with Gasteiger partial charge in [0.15, 0.2) is 5.96 Å². The maximum atomic E-state index is 12.1. The molecule has 0 bridgehead atoms. The molecule has 0 spiro atoms. The minimum absolute atomic E-state index is 0.281. The molecule has 120 valence electrons. The Morgan fingerprint density at radius 1 is 1.10 bits per heavy atom. The largest absolute Gasteiger partial charge is 0.360 e. The SMILES string of the molecule is CNC(=N)NC(C=O)(CC1CCCCC1)C1CCCCC1. The van der Waals surface area contributed by atoms with Crippen LogP contribution in [0.15, 0.2) is 0 Å². The van der Waals surface area contributed by atoms with Gasteiger partial charge >= 0.3 is 0 Å². The number of rotatable bonds is 5. The number of guanidine groups is 1. The van der Waals surface area contributed by atoms with Crippen LogP contribution in [-0.4, -0.2) is 24.8 Å². The molecule has 0 aromatic heterocycles. The number of aldehydes is 1. The summed E-state index contributed by atoms with van der Waals surface area (Å²) in [6, 6.07) is 0. The Kier molecular flexibility index (Phi) is 6.07. The molecule has 2 aliphatic rings. The molecule has 3 N–H and O–H groups in total. The summed E-state index contributed by atoms with van der Waals surface area (Å²) in [6.45, 7) is 0. The number of nitrogens with one attached hydrogen (secondary N) is 3. The Labute approximate surface area is 129 Å². The molecule has 2 aliphatic carbocycles. The van der Waals surface area contributed by atoms with E-state index < -0.39 is 5.54 Å². The Balaban J connectivity index is 2.12. The van der Waals surface area contributed by atoms with Crippen LogP contribution in [0.3, 0.4) is 0 Å². The normalized spacial score (nSPS) is 24.0. The van der Waals surface area contributed by atoms with E-state index in [0.29, 0.717) is 11.8 Å². The smallest absolute Gasteiger partial charge is 0.188 e. The van der Waals surface area contributed by atoms with Gasteiger partial charge in [-0.25, -0.2) is 0 Å². The van der Waals surface area contributed by atoms with Crippen molar-refractivity contribution in [3.63, 3.8) is 0 Å². The molecule has 4 nitrogen and oxygen atoms in total. The first-order valence-corrected chi connectivity index (χ1v) is 8.71.